The molecular weight excluding hydrogens is 272 g/mol. The maximum Gasteiger partial charge on any atom is 0.337 e. The Morgan fingerprint density at radius 3 is 2.95 bits per heavy atom. The third-order valence-electron chi connectivity index (χ3n) is 2.35. The molecule has 0 unspecified atom stereocenters. The molecule has 0 bridgehead atoms. The molecule has 0 atom stereocenters. The molecule has 0 saturated heterocycles. The van der Waals surface area contributed by atoms with Crippen molar-refractivity contribution < 1.29 is 19.2 Å². The fraction of sp³-hybridized carbons (Fsp3) is 0.250. The summed E-state index contributed by atoms with van der Waals surface area (Å²) in [5.41, 5.74) is -0.0125. The third-order valence-corrected chi connectivity index (χ3v) is 2.68. The van der Waals surface area contributed by atoms with E-state index in [2.05, 4.69) is 10.1 Å². The Kier molecular flexibility index (Phi) is 4.01. The predicted molar refractivity (Wildman–Crippen MR) is 66.4 cm³/mol. The van der Waals surface area contributed by atoms with Crippen LogP contribution in [0.2, 0.25) is 5.02 Å². The first-order valence-electron chi connectivity index (χ1n) is 5.57. The molecule has 0 aliphatic carbocycles. The number of benzene rings is 1. The van der Waals surface area contributed by atoms with Gasteiger partial charge in [0, 0.05) is 6.42 Å². The molecule has 0 saturated carbocycles. The van der Waals surface area contributed by atoms with Crippen molar-refractivity contribution >= 4 is 17.6 Å². The van der Waals surface area contributed by atoms with Crippen LogP contribution in [0.5, 0.6) is 5.75 Å². The predicted octanol–water partition coefficient (Wildman–Crippen LogP) is 2.56. The van der Waals surface area contributed by atoms with Crippen molar-refractivity contribution in [3.8, 4) is 5.75 Å². The number of rotatable bonds is 5. The molecule has 0 aliphatic heterocycles. The summed E-state index contributed by atoms with van der Waals surface area (Å²) in [7, 11) is 0. The van der Waals surface area contributed by atoms with E-state index in [1.54, 1.807) is 6.07 Å². The number of aryl methyl sites for hydroxylation is 1. The van der Waals surface area contributed by atoms with E-state index < -0.39 is 5.97 Å². The van der Waals surface area contributed by atoms with E-state index >= 15 is 0 Å². The van der Waals surface area contributed by atoms with Crippen LogP contribution in [0, 0.1) is 0 Å². The third kappa shape index (κ3) is 3.23. The van der Waals surface area contributed by atoms with E-state index in [1.165, 1.54) is 12.1 Å². The maximum absolute atomic E-state index is 10.9. The van der Waals surface area contributed by atoms with Crippen LogP contribution in [0.25, 0.3) is 0 Å². The maximum atomic E-state index is 10.9. The van der Waals surface area contributed by atoms with Crippen molar-refractivity contribution in [1.29, 1.82) is 0 Å². The molecule has 0 aliphatic rings. The van der Waals surface area contributed by atoms with Gasteiger partial charge in [-0.25, -0.2) is 4.79 Å². The Bertz CT molecular complexity index is 597. The van der Waals surface area contributed by atoms with Crippen molar-refractivity contribution in [3.63, 3.8) is 0 Å². The lowest BCUT2D eigenvalue weighted by atomic mass is 10.2. The summed E-state index contributed by atoms with van der Waals surface area (Å²) in [6, 6.07) is 4.40. The molecule has 7 heteroatoms. The molecule has 1 N–H and O–H groups in total. The van der Waals surface area contributed by atoms with E-state index in [9.17, 15) is 4.79 Å². The van der Waals surface area contributed by atoms with Gasteiger partial charge in [-0.05, 0) is 18.2 Å². The summed E-state index contributed by atoms with van der Waals surface area (Å²) in [6.07, 6.45) is 0.650. The first kappa shape index (κ1) is 13.4. The topological polar surface area (TPSA) is 85.5 Å². The van der Waals surface area contributed by atoms with Crippen LogP contribution >= 0.6 is 11.6 Å². The summed E-state index contributed by atoms with van der Waals surface area (Å²) < 4.78 is 10.3. The minimum atomic E-state index is -1.11. The van der Waals surface area contributed by atoms with Crippen molar-refractivity contribution in [1.82, 2.24) is 10.1 Å². The van der Waals surface area contributed by atoms with Gasteiger partial charge >= 0.3 is 5.97 Å². The highest BCUT2D eigenvalue weighted by atomic mass is 35.5. The number of hydrogen-bond acceptors (Lipinski definition) is 5. The lowest BCUT2D eigenvalue weighted by Crippen LogP contribution is -2.01. The van der Waals surface area contributed by atoms with Crippen molar-refractivity contribution in [2.24, 2.45) is 0 Å². The van der Waals surface area contributed by atoms with Gasteiger partial charge in [0.1, 0.15) is 5.75 Å². The van der Waals surface area contributed by atoms with Gasteiger partial charge in [0.25, 0.3) is 0 Å². The molecule has 1 aromatic carbocycles. The van der Waals surface area contributed by atoms with E-state index in [1.807, 2.05) is 6.92 Å². The zero-order valence-corrected chi connectivity index (χ0v) is 10.8. The van der Waals surface area contributed by atoms with Crippen molar-refractivity contribution in [2.75, 3.05) is 0 Å². The highest BCUT2D eigenvalue weighted by Crippen LogP contribution is 2.22. The van der Waals surface area contributed by atoms with Gasteiger partial charge in [-0.1, -0.05) is 23.7 Å². The smallest absolute Gasteiger partial charge is 0.337 e. The van der Waals surface area contributed by atoms with Gasteiger partial charge in [0.15, 0.2) is 6.61 Å². The molecule has 2 rings (SSSR count). The Labute approximate surface area is 114 Å². The molecule has 0 radical (unpaired) electrons. The fourth-order valence-corrected chi connectivity index (χ4v) is 1.60. The minimum absolute atomic E-state index is 0.0125. The summed E-state index contributed by atoms with van der Waals surface area (Å²) >= 11 is 5.75. The first-order valence-corrected chi connectivity index (χ1v) is 5.95. The molecule has 1 aromatic heterocycles. The second-order valence-corrected chi connectivity index (χ2v) is 4.10. The molecule has 0 amide bonds. The minimum Gasteiger partial charge on any atom is -0.485 e. The number of carboxylic acids is 1. The van der Waals surface area contributed by atoms with Crippen LogP contribution in [0.4, 0.5) is 0 Å². The number of ether oxygens (including phenoxy) is 1. The van der Waals surface area contributed by atoms with Crippen LogP contribution in [0.3, 0.4) is 0 Å². The Balaban J connectivity index is 2.07. The molecule has 6 nitrogen and oxygen atoms in total. The average Bonchev–Trinajstić information content (AvgIpc) is 2.85. The second-order valence-electron chi connectivity index (χ2n) is 3.69. The van der Waals surface area contributed by atoms with Gasteiger partial charge in [-0.3, -0.25) is 0 Å². The lowest BCUT2D eigenvalue weighted by Gasteiger charge is -2.05. The summed E-state index contributed by atoms with van der Waals surface area (Å²) in [5.74, 6) is 0.206. The average molecular weight is 283 g/mol. The van der Waals surface area contributed by atoms with Gasteiger partial charge in [0.05, 0.1) is 10.6 Å². The van der Waals surface area contributed by atoms with E-state index in [0.29, 0.717) is 23.9 Å². The normalized spacial score (nSPS) is 10.4. The van der Waals surface area contributed by atoms with Gasteiger partial charge in [-0.15, -0.1) is 0 Å². The van der Waals surface area contributed by atoms with Gasteiger partial charge in [-0.2, -0.15) is 4.98 Å². The number of aromatic carboxylic acids is 1. The van der Waals surface area contributed by atoms with Crippen molar-refractivity contribution in [3.05, 3.63) is 40.5 Å². The number of halogens is 1. The molecule has 100 valence electrons. The molecule has 0 fully saturated rings. The number of nitrogens with zero attached hydrogens (tertiary/aromatic N) is 2. The first-order chi connectivity index (χ1) is 9.10. The molecule has 1 heterocycles. The fourth-order valence-electron chi connectivity index (χ4n) is 1.40. The highest BCUT2D eigenvalue weighted by molar-refractivity contribution is 6.33. The summed E-state index contributed by atoms with van der Waals surface area (Å²) in [6.45, 7) is 2.00. The zero-order valence-electron chi connectivity index (χ0n) is 10.1. The van der Waals surface area contributed by atoms with Crippen LogP contribution in [0.1, 0.15) is 29.0 Å². The SMILES string of the molecule is CCc1nc(COc2ccc(Cl)c(C(=O)O)c2)no1. The van der Waals surface area contributed by atoms with Gasteiger partial charge < -0.3 is 14.4 Å². The van der Waals surface area contributed by atoms with Crippen LogP contribution in [0.15, 0.2) is 22.7 Å². The standard InChI is InChI=1S/C12H11ClN2O4/c1-2-11-14-10(15-19-11)6-18-7-3-4-9(13)8(5-7)12(16)17/h3-5H,2,6H2,1H3,(H,16,17). The molecule has 2 aromatic rings. The number of aromatic nitrogens is 2. The summed E-state index contributed by atoms with van der Waals surface area (Å²) in [4.78, 5) is 15.0. The van der Waals surface area contributed by atoms with E-state index in [-0.39, 0.29) is 17.2 Å². The number of hydrogen-bond donors (Lipinski definition) is 1. The van der Waals surface area contributed by atoms with Gasteiger partial charge in [0.2, 0.25) is 11.7 Å². The van der Waals surface area contributed by atoms with Crippen LogP contribution in [-0.2, 0) is 13.0 Å². The highest BCUT2D eigenvalue weighted by Gasteiger charge is 2.11. The monoisotopic (exact) mass is 282 g/mol. The summed E-state index contributed by atoms with van der Waals surface area (Å²) in [5, 5.41) is 12.8. The Morgan fingerprint density at radius 2 is 2.32 bits per heavy atom. The molecule has 19 heavy (non-hydrogen) atoms. The molecular formula is C12H11ClN2O4. The Morgan fingerprint density at radius 1 is 1.53 bits per heavy atom. The van der Waals surface area contributed by atoms with Crippen LogP contribution < -0.4 is 4.74 Å². The number of carbonyl (C=O) groups is 1. The van der Waals surface area contributed by atoms with E-state index in [0.717, 1.165) is 0 Å². The Hall–Kier alpha value is -2.08. The largest absolute Gasteiger partial charge is 0.485 e. The lowest BCUT2D eigenvalue weighted by molar-refractivity contribution is 0.0696. The zero-order chi connectivity index (χ0) is 13.8. The van der Waals surface area contributed by atoms with Crippen LogP contribution in [-0.4, -0.2) is 21.2 Å². The van der Waals surface area contributed by atoms with E-state index in [4.69, 9.17) is 26.0 Å². The second kappa shape index (κ2) is 5.71. The quantitative estimate of drug-likeness (QED) is 0.907. The number of carboxylic acid groups (broad SMARTS) is 1. The molecule has 0 spiro atoms. The van der Waals surface area contributed by atoms with Crippen molar-refractivity contribution in [2.45, 2.75) is 20.0 Å².